The van der Waals surface area contributed by atoms with E-state index < -0.39 is 10.0 Å². The van der Waals surface area contributed by atoms with Gasteiger partial charge in [-0.15, -0.1) is 0 Å². The van der Waals surface area contributed by atoms with E-state index in [2.05, 4.69) is 21.8 Å². The van der Waals surface area contributed by atoms with Crippen molar-refractivity contribution in [3.05, 3.63) is 11.4 Å². The van der Waals surface area contributed by atoms with E-state index in [1.165, 1.54) is 0 Å². The predicted octanol–water partition coefficient (Wildman–Crippen LogP) is 1.49. The number of nitrogens with one attached hydrogen (secondary N) is 2. The van der Waals surface area contributed by atoms with Gasteiger partial charge in [0.05, 0.1) is 11.4 Å². The standard InChI is InChI=1S/C11H19N3O2S/c1-4-5-9-6-10(9)14-17(15,16)11-7(2)12-13-8(11)3/h9-10,14H,4-6H2,1-3H3,(H,12,13). The van der Waals surface area contributed by atoms with E-state index in [0.29, 0.717) is 22.2 Å². The summed E-state index contributed by atoms with van der Waals surface area (Å²) >= 11 is 0. The molecule has 2 unspecified atom stereocenters. The first-order valence-corrected chi connectivity index (χ1v) is 7.48. The quantitative estimate of drug-likeness (QED) is 0.839. The van der Waals surface area contributed by atoms with Crippen molar-refractivity contribution >= 4 is 10.0 Å². The maximum absolute atomic E-state index is 12.2. The summed E-state index contributed by atoms with van der Waals surface area (Å²) in [4.78, 5) is 0.305. The number of aromatic nitrogens is 2. The Morgan fingerprint density at radius 2 is 2.18 bits per heavy atom. The molecule has 0 bridgehead atoms. The molecule has 2 rings (SSSR count). The first-order chi connectivity index (χ1) is 7.95. The van der Waals surface area contributed by atoms with Crippen LogP contribution in [0.3, 0.4) is 0 Å². The highest BCUT2D eigenvalue weighted by molar-refractivity contribution is 7.89. The van der Waals surface area contributed by atoms with Crippen LogP contribution < -0.4 is 4.72 Å². The first kappa shape index (κ1) is 12.6. The average Bonchev–Trinajstić information content (AvgIpc) is 2.82. The van der Waals surface area contributed by atoms with Crippen LogP contribution in [0.2, 0.25) is 0 Å². The maximum atomic E-state index is 12.2. The fourth-order valence-corrected chi connectivity index (χ4v) is 3.96. The number of hydrogen-bond donors (Lipinski definition) is 2. The van der Waals surface area contributed by atoms with E-state index in [4.69, 9.17) is 0 Å². The Kier molecular flexibility index (Phi) is 3.27. The molecule has 2 N–H and O–H groups in total. The minimum absolute atomic E-state index is 0.119. The molecule has 1 aromatic heterocycles. The van der Waals surface area contributed by atoms with Crippen LogP contribution in [0.1, 0.15) is 37.6 Å². The van der Waals surface area contributed by atoms with Crippen molar-refractivity contribution in [2.45, 2.75) is 51.0 Å². The lowest BCUT2D eigenvalue weighted by Crippen LogP contribution is -2.28. The molecule has 5 nitrogen and oxygen atoms in total. The van der Waals surface area contributed by atoms with Crippen molar-refractivity contribution in [1.82, 2.24) is 14.9 Å². The summed E-state index contributed by atoms with van der Waals surface area (Å²) in [5, 5.41) is 6.63. The van der Waals surface area contributed by atoms with Gasteiger partial charge >= 0.3 is 0 Å². The lowest BCUT2D eigenvalue weighted by Gasteiger charge is -2.06. The highest BCUT2D eigenvalue weighted by Gasteiger charge is 2.40. The maximum Gasteiger partial charge on any atom is 0.244 e. The number of H-pyrrole nitrogens is 1. The molecule has 2 atom stereocenters. The van der Waals surface area contributed by atoms with Crippen molar-refractivity contribution in [2.75, 3.05) is 0 Å². The molecule has 1 saturated carbocycles. The smallest absolute Gasteiger partial charge is 0.244 e. The topological polar surface area (TPSA) is 74.8 Å². The SMILES string of the molecule is CCCC1CC1NS(=O)(=O)c1c(C)n[nH]c1C. The highest BCUT2D eigenvalue weighted by Crippen LogP contribution is 2.36. The second kappa shape index (κ2) is 4.42. The molecule has 96 valence electrons. The summed E-state index contributed by atoms with van der Waals surface area (Å²) in [6.45, 7) is 5.55. The molecule has 0 radical (unpaired) electrons. The molecule has 17 heavy (non-hydrogen) atoms. The van der Waals surface area contributed by atoms with E-state index in [9.17, 15) is 8.42 Å². The summed E-state index contributed by atoms with van der Waals surface area (Å²) in [6.07, 6.45) is 3.16. The molecule has 6 heteroatoms. The van der Waals surface area contributed by atoms with Gasteiger partial charge in [-0.1, -0.05) is 13.3 Å². The Bertz CT molecular complexity index is 487. The molecule has 1 fully saturated rings. The van der Waals surface area contributed by atoms with Crippen LogP contribution in [-0.2, 0) is 10.0 Å². The molecular weight excluding hydrogens is 238 g/mol. The van der Waals surface area contributed by atoms with Crippen LogP contribution in [0.15, 0.2) is 4.90 Å². The van der Waals surface area contributed by atoms with Crippen LogP contribution in [0, 0.1) is 19.8 Å². The molecule has 0 spiro atoms. The number of nitrogens with zero attached hydrogens (tertiary/aromatic N) is 1. The third kappa shape index (κ3) is 2.52. The zero-order chi connectivity index (χ0) is 12.6. The average molecular weight is 257 g/mol. The minimum atomic E-state index is -3.41. The molecular formula is C11H19N3O2S. The van der Waals surface area contributed by atoms with E-state index >= 15 is 0 Å². The molecule has 0 saturated heterocycles. The summed E-state index contributed by atoms with van der Waals surface area (Å²) in [5.74, 6) is 0.516. The monoisotopic (exact) mass is 257 g/mol. The van der Waals surface area contributed by atoms with Crippen LogP contribution in [0.4, 0.5) is 0 Å². The van der Waals surface area contributed by atoms with Gasteiger partial charge in [-0.3, -0.25) is 5.10 Å². The fourth-order valence-electron chi connectivity index (χ4n) is 2.28. The van der Waals surface area contributed by atoms with Crippen LogP contribution >= 0.6 is 0 Å². The van der Waals surface area contributed by atoms with Gasteiger partial charge in [0.1, 0.15) is 4.90 Å². The van der Waals surface area contributed by atoms with Gasteiger partial charge < -0.3 is 0 Å². The lowest BCUT2D eigenvalue weighted by molar-refractivity contribution is 0.572. The molecule has 1 aromatic rings. The first-order valence-electron chi connectivity index (χ1n) is 5.99. The number of hydrogen-bond acceptors (Lipinski definition) is 3. The van der Waals surface area contributed by atoms with Gasteiger partial charge in [0, 0.05) is 6.04 Å². The largest absolute Gasteiger partial charge is 0.281 e. The third-order valence-electron chi connectivity index (χ3n) is 3.22. The minimum Gasteiger partial charge on any atom is -0.281 e. The number of aryl methyl sites for hydroxylation is 2. The van der Waals surface area contributed by atoms with Crippen LogP contribution in [0.5, 0.6) is 0 Å². The van der Waals surface area contributed by atoms with Crippen molar-refractivity contribution in [1.29, 1.82) is 0 Å². The van der Waals surface area contributed by atoms with E-state index in [-0.39, 0.29) is 6.04 Å². The Balaban J connectivity index is 2.11. The van der Waals surface area contributed by atoms with Gasteiger partial charge in [0.25, 0.3) is 0 Å². The summed E-state index contributed by atoms with van der Waals surface area (Å²) < 4.78 is 27.1. The van der Waals surface area contributed by atoms with E-state index in [1.54, 1.807) is 13.8 Å². The zero-order valence-electron chi connectivity index (χ0n) is 10.4. The number of sulfonamides is 1. The van der Waals surface area contributed by atoms with Crippen LogP contribution in [0.25, 0.3) is 0 Å². The summed E-state index contributed by atoms with van der Waals surface area (Å²) in [7, 11) is -3.41. The molecule has 0 amide bonds. The fraction of sp³-hybridized carbons (Fsp3) is 0.727. The molecule has 0 aliphatic heterocycles. The summed E-state index contributed by atoms with van der Waals surface area (Å²) in [6, 6.07) is 0.119. The molecule has 1 aliphatic carbocycles. The molecule has 1 heterocycles. The summed E-state index contributed by atoms with van der Waals surface area (Å²) in [5.41, 5.74) is 1.13. The van der Waals surface area contributed by atoms with E-state index in [1.807, 2.05) is 0 Å². The van der Waals surface area contributed by atoms with Gasteiger partial charge in [0.15, 0.2) is 0 Å². The van der Waals surface area contributed by atoms with Crippen LogP contribution in [-0.4, -0.2) is 24.7 Å². The van der Waals surface area contributed by atoms with Crippen molar-refractivity contribution in [2.24, 2.45) is 5.92 Å². The zero-order valence-corrected chi connectivity index (χ0v) is 11.3. The van der Waals surface area contributed by atoms with Crippen molar-refractivity contribution < 1.29 is 8.42 Å². The van der Waals surface area contributed by atoms with Crippen molar-refractivity contribution in [3.63, 3.8) is 0 Å². The highest BCUT2D eigenvalue weighted by atomic mass is 32.2. The Labute approximate surface area is 102 Å². The van der Waals surface area contributed by atoms with Gasteiger partial charge in [-0.05, 0) is 32.6 Å². The van der Waals surface area contributed by atoms with Gasteiger partial charge in [-0.25, -0.2) is 13.1 Å². The second-order valence-electron chi connectivity index (χ2n) is 4.78. The van der Waals surface area contributed by atoms with Crippen molar-refractivity contribution in [3.8, 4) is 0 Å². The van der Waals surface area contributed by atoms with Gasteiger partial charge in [0.2, 0.25) is 10.0 Å². The predicted molar refractivity (Wildman–Crippen MR) is 65.2 cm³/mol. The Morgan fingerprint density at radius 1 is 1.47 bits per heavy atom. The number of aromatic amines is 1. The van der Waals surface area contributed by atoms with Gasteiger partial charge in [-0.2, -0.15) is 5.10 Å². The lowest BCUT2D eigenvalue weighted by atomic mass is 10.2. The molecule has 0 aromatic carbocycles. The third-order valence-corrected chi connectivity index (χ3v) is 4.97. The molecule has 1 aliphatic rings. The normalized spacial score (nSPS) is 23.9. The second-order valence-corrected chi connectivity index (χ2v) is 6.43. The Hall–Kier alpha value is -0.880. The Morgan fingerprint density at radius 3 is 2.71 bits per heavy atom. The van der Waals surface area contributed by atoms with E-state index in [0.717, 1.165) is 19.3 Å². The number of rotatable bonds is 5.